The molecule has 0 aliphatic carbocycles. The Morgan fingerprint density at radius 1 is 1.33 bits per heavy atom. The SMILES string of the molecule is CC(C)C1=C(c2cc(F)c3ccsc3c2)N2CCN=C2S1. The Morgan fingerprint density at radius 2 is 2.19 bits per heavy atom. The van der Waals surface area contributed by atoms with Crippen LogP contribution in [0.1, 0.15) is 19.4 Å². The Hall–Kier alpha value is -1.33. The molecule has 0 atom stereocenters. The molecule has 1 aromatic heterocycles. The van der Waals surface area contributed by atoms with Crippen LogP contribution in [0.4, 0.5) is 4.39 Å². The summed E-state index contributed by atoms with van der Waals surface area (Å²) in [6.45, 7) is 6.11. The Bertz CT molecular complexity index is 789. The molecular formula is C16H15FN2S2. The van der Waals surface area contributed by atoms with E-state index in [1.165, 1.54) is 4.91 Å². The van der Waals surface area contributed by atoms with Crippen molar-refractivity contribution in [2.75, 3.05) is 13.1 Å². The Kier molecular flexibility index (Phi) is 3.08. The number of hydrogen-bond donors (Lipinski definition) is 0. The van der Waals surface area contributed by atoms with E-state index in [-0.39, 0.29) is 5.82 Å². The Balaban J connectivity index is 1.92. The highest BCUT2D eigenvalue weighted by Gasteiger charge is 2.34. The number of halogens is 1. The summed E-state index contributed by atoms with van der Waals surface area (Å²) in [5.41, 5.74) is 2.13. The quantitative estimate of drug-likeness (QED) is 0.791. The summed E-state index contributed by atoms with van der Waals surface area (Å²) in [6, 6.07) is 5.64. The number of benzene rings is 1. The topological polar surface area (TPSA) is 15.6 Å². The van der Waals surface area contributed by atoms with E-state index in [2.05, 4.69) is 29.8 Å². The van der Waals surface area contributed by atoms with Crippen LogP contribution in [0.2, 0.25) is 0 Å². The van der Waals surface area contributed by atoms with E-state index in [0.29, 0.717) is 5.92 Å². The van der Waals surface area contributed by atoms with E-state index in [1.54, 1.807) is 29.2 Å². The number of thiophene rings is 1. The van der Waals surface area contributed by atoms with Gasteiger partial charge in [-0.1, -0.05) is 25.6 Å². The third-order valence-corrected chi connectivity index (χ3v) is 6.11. The summed E-state index contributed by atoms with van der Waals surface area (Å²) in [7, 11) is 0. The van der Waals surface area contributed by atoms with E-state index in [9.17, 15) is 4.39 Å². The summed E-state index contributed by atoms with van der Waals surface area (Å²) >= 11 is 3.33. The minimum atomic E-state index is -0.131. The molecule has 0 bridgehead atoms. The van der Waals surface area contributed by atoms with Crippen molar-refractivity contribution < 1.29 is 4.39 Å². The first-order valence-corrected chi connectivity index (χ1v) is 8.76. The minimum Gasteiger partial charge on any atom is -0.318 e. The standard InChI is InChI=1S/C16H15FN2S2/c1-9(2)15-14(19-5-4-18-16(19)21-15)10-7-12(17)11-3-6-20-13(11)8-10/h3,6-9H,4-5H2,1-2H3. The van der Waals surface area contributed by atoms with Crippen molar-refractivity contribution in [1.82, 2.24) is 4.90 Å². The predicted molar refractivity (Wildman–Crippen MR) is 90.1 cm³/mol. The summed E-state index contributed by atoms with van der Waals surface area (Å²) < 4.78 is 15.3. The predicted octanol–water partition coefficient (Wildman–Crippen LogP) is 4.78. The molecule has 4 rings (SSSR count). The first-order valence-electron chi connectivity index (χ1n) is 7.06. The smallest absolute Gasteiger partial charge is 0.168 e. The van der Waals surface area contributed by atoms with Crippen LogP contribution in [0.3, 0.4) is 0 Å². The lowest BCUT2D eigenvalue weighted by atomic mass is 10.0. The molecule has 2 aliphatic heterocycles. The van der Waals surface area contributed by atoms with E-state index >= 15 is 0 Å². The maximum atomic E-state index is 14.3. The van der Waals surface area contributed by atoms with Crippen LogP contribution >= 0.6 is 23.1 Å². The van der Waals surface area contributed by atoms with Gasteiger partial charge in [-0.2, -0.15) is 0 Å². The number of rotatable bonds is 2. The zero-order chi connectivity index (χ0) is 14.6. The lowest BCUT2D eigenvalue weighted by Crippen LogP contribution is -2.20. The molecule has 0 N–H and O–H groups in total. The third-order valence-electron chi connectivity index (χ3n) is 3.83. The lowest BCUT2D eigenvalue weighted by molar-refractivity contribution is 0.629. The number of allylic oxidation sites excluding steroid dienone is 1. The molecule has 0 radical (unpaired) electrons. The highest BCUT2D eigenvalue weighted by atomic mass is 32.2. The van der Waals surface area contributed by atoms with Gasteiger partial charge in [-0.25, -0.2) is 4.39 Å². The van der Waals surface area contributed by atoms with Crippen LogP contribution in [0.5, 0.6) is 0 Å². The van der Waals surface area contributed by atoms with E-state index < -0.39 is 0 Å². The summed E-state index contributed by atoms with van der Waals surface area (Å²) in [5.74, 6) is 0.286. The molecular weight excluding hydrogens is 303 g/mol. The van der Waals surface area contributed by atoms with E-state index in [0.717, 1.165) is 39.6 Å². The lowest BCUT2D eigenvalue weighted by Gasteiger charge is -2.18. The fraction of sp³-hybridized carbons (Fsp3) is 0.312. The number of aliphatic imine (C=N–C) groups is 1. The second-order valence-electron chi connectivity index (χ2n) is 5.58. The summed E-state index contributed by atoms with van der Waals surface area (Å²) in [4.78, 5) is 8.09. The highest BCUT2D eigenvalue weighted by Crippen LogP contribution is 2.45. The molecule has 5 heteroatoms. The average molecular weight is 318 g/mol. The molecule has 2 aromatic rings. The van der Waals surface area contributed by atoms with E-state index in [1.807, 2.05) is 11.4 Å². The zero-order valence-electron chi connectivity index (χ0n) is 11.9. The van der Waals surface area contributed by atoms with Crippen LogP contribution in [0.15, 0.2) is 33.5 Å². The monoisotopic (exact) mass is 318 g/mol. The Labute approximate surface area is 131 Å². The average Bonchev–Trinajstić information content (AvgIpc) is 3.12. The number of thioether (sulfide) groups is 1. The van der Waals surface area contributed by atoms with E-state index in [4.69, 9.17) is 0 Å². The molecule has 3 heterocycles. The molecule has 1 aromatic carbocycles. The van der Waals surface area contributed by atoms with Gasteiger partial charge in [0.1, 0.15) is 5.82 Å². The second-order valence-corrected chi connectivity index (χ2v) is 7.53. The van der Waals surface area contributed by atoms with Gasteiger partial charge in [0.15, 0.2) is 5.17 Å². The first kappa shape index (κ1) is 13.3. The molecule has 0 unspecified atom stereocenters. The molecule has 0 saturated heterocycles. The van der Waals surface area contributed by atoms with Crippen molar-refractivity contribution in [1.29, 1.82) is 0 Å². The summed E-state index contributed by atoms with van der Waals surface area (Å²) in [6.07, 6.45) is 0. The number of nitrogens with zero attached hydrogens (tertiary/aromatic N) is 2. The zero-order valence-corrected chi connectivity index (χ0v) is 13.5. The molecule has 2 nitrogen and oxygen atoms in total. The molecule has 0 spiro atoms. The van der Waals surface area contributed by atoms with Gasteiger partial charge in [0.25, 0.3) is 0 Å². The van der Waals surface area contributed by atoms with Gasteiger partial charge in [0, 0.05) is 27.1 Å². The van der Waals surface area contributed by atoms with Gasteiger partial charge in [-0.15, -0.1) is 11.3 Å². The molecule has 21 heavy (non-hydrogen) atoms. The largest absolute Gasteiger partial charge is 0.318 e. The minimum absolute atomic E-state index is 0.131. The van der Waals surface area contributed by atoms with Crippen LogP contribution in [0.25, 0.3) is 15.8 Å². The van der Waals surface area contributed by atoms with Gasteiger partial charge in [0.05, 0.1) is 12.2 Å². The fourth-order valence-corrected chi connectivity index (χ4v) is 4.90. The molecule has 0 amide bonds. The van der Waals surface area contributed by atoms with Crippen molar-refractivity contribution in [2.45, 2.75) is 13.8 Å². The highest BCUT2D eigenvalue weighted by molar-refractivity contribution is 8.17. The van der Waals surface area contributed by atoms with Crippen LogP contribution < -0.4 is 0 Å². The van der Waals surface area contributed by atoms with Gasteiger partial charge in [0.2, 0.25) is 0 Å². The van der Waals surface area contributed by atoms with Crippen LogP contribution in [-0.2, 0) is 0 Å². The van der Waals surface area contributed by atoms with Crippen molar-refractivity contribution in [3.05, 3.63) is 39.9 Å². The van der Waals surface area contributed by atoms with Gasteiger partial charge in [-0.3, -0.25) is 4.99 Å². The van der Waals surface area contributed by atoms with Gasteiger partial charge in [-0.05, 0) is 29.5 Å². The second kappa shape index (κ2) is 4.85. The van der Waals surface area contributed by atoms with Crippen molar-refractivity contribution >= 4 is 44.0 Å². The van der Waals surface area contributed by atoms with Crippen molar-refractivity contribution in [3.8, 4) is 0 Å². The van der Waals surface area contributed by atoms with Crippen LogP contribution in [-0.4, -0.2) is 23.2 Å². The fourth-order valence-electron chi connectivity index (χ4n) is 2.85. The number of hydrogen-bond acceptors (Lipinski definition) is 4. The Morgan fingerprint density at radius 3 is 3.00 bits per heavy atom. The maximum Gasteiger partial charge on any atom is 0.168 e. The molecule has 2 aliphatic rings. The van der Waals surface area contributed by atoms with Crippen LogP contribution in [0, 0.1) is 11.7 Å². The first-order chi connectivity index (χ1) is 10.1. The van der Waals surface area contributed by atoms with Gasteiger partial charge >= 0.3 is 0 Å². The third kappa shape index (κ3) is 2.02. The normalized spacial score (nSPS) is 18.1. The molecule has 0 fully saturated rings. The van der Waals surface area contributed by atoms with Crippen molar-refractivity contribution in [3.63, 3.8) is 0 Å². The van der Waals surface area contributed by atoms with Gasteiger partial charge < -0.3 is 4.90 Å². The number of fused-ring (bicyclic) bond motifs is 2. The molecule has 108 valence electrons. The molecule has 0 saturated carbocycles. The summed E-state index contributed by atoms with van der Waals surface area (Å²) in [5, 5.41) is 3.73. The maximum absolute atomic E-state index is 14.3. The van der Waals surface area contributed by atoms with Crippen molar-refractivity contribution in [2.24, 2.45) is 10.9 Å². The number of amidine groups is 1.